The molecule has 0 radical (unpaired) electrons. The van der Waals surface area contributed by atoms with Crippen molar-refractivity contribution in [2.24, 2.45) is 11.5 Å². The molecule has 2 amide bonds. The molecule has 33 heavy (non-hydrogen) atoms. The number of halogens is 4. The molecule has 2 aromatic rings. The summed E-state index contributed by atoms with van der Waals surface area (Å²) < 4.78 is 41.6. The summed E-state index contributed by atoms with van der Waals surface area (Å²) in [7, 11) is -2.06. The van der Waals surface area contributed by atoms with Crippen molar-refractivity contribution >= 4 is 40.3 Å². The van der Waals surface area contributed by atoms with Gasteiger partial charge in [-0.05, 0) is 54.6 Å². The molecule has 0 aliphatic rings. The van der Waals surface area contributed by atoms with Gasteiger partial charge in [0.1, 0.15) is 0 Å². The number of rotatable bonds is 10. The van der Waals surface area contributed by atoms with Gasteiger partial charge in [-0.1, -0.05) is 34.1 Å². The van der Waals surface area contributed by atoms with E-state index >= 15 is 0 Å². The quantitative estimate of drug-likeness (QED) is 0.275. The van der Waals surface area contributed by atoms with Gasteiger partial charge >= 0.3 is 13.3 Å². The first kappa shape index (κ1) is 26.8. The molecule has 0 spiro atoms. The van der Waals surface area contributed by atoms with E-state index < -0.39 is 36.7 Å². The van der Waals surface area contributed by atoms with Crippen LogP contribution in [-0.4, -0.2) is 46.5 Å². The highest BCUT2D eigenvalue weighted by Crippen LogP contribution is 2.32. The minimum absolute atomic E-state index is 0.110. The highest BCUT2D eigenvalue weighted by atomic mass is 79.9. The molecule has 1 atom stereocenters. The maximum atomic E-state index is 13.7. The third kappa shape index (κ3) is 7.85. The highest BCUT2D eigenvalue weighted by Gasteiger charge is 2.35. The monoisotopic (exact) mass is 529 g/mol. The Morgan fingerprint density at radius 3 is 2.39 bits per heavy atom. The van der Waals surface area contributed by atoms with Crippen molar-refractivity contribution in [2.45, 2.75) is 38.0 Å². The van der Waals surface area contributed by atoms with Crippen LogP contribution >= 0.6 is 15.9 Å². The number of amides is 2. The number of nitrogens with two attached hydrogens (primary N) is 2. The van der Waals surface area contributed by atoms with Crippen LogP contribution in [0.1, 0.15) is 40.7 Å². The first-order valence-corrected chi connectivity index (χ1v) is 10.9. The SMILES string of the molecule is NC(=O)[C@@H](N)CCCCN(Cc1ccc(B(O)O)cc1C(F)(F)F)C(=O)c1cccc(Br)c1. The summed E-state index contributed by atoms with van der Waals surface area (Å²) in [5, 5.41) is 18.5. The van der Waals surface area contributed by atoms with Gasteiger partial charge in [0.25, 0.3) is 5.91 Å². The van der Waals surface area contributed by atoms with Crippen LogP contribution in [0, 0.1) is 0 Å². The number of carbonyl (C=O) groups is 2. The van der Waals surface area contributed by atoms with Crippen molar-refractivity contribution in [1.29, 1.82) is 0 Å². The Kier molecular flexibility index (Phi) is 9.47. The fourth-order valence-corrected chi connectivity index (χ4v) is 3.63. The molecule has 12 heteroatoms. The molecule has 0 bridgehead atoms. The van der Waals surface area contributed by atoms with Gasteiger partial charge in [0.2, 0.25) is 5.91 Å². The van der Waals surface area contributed by atoms with Gasteiger partial charge in [-0.15, -0.1) is 0 Å². The number of hydrogen-bond donors (Lipinski definition) is 4. The molecule has 0 aromatic heterocycles. The number of primary amides is 1. The standard InChI is InChI=1S/C21H24BBrF3N3O4/c23-16-5-3-4-13(10-16)20(31)29(9-2-1-6-18(27)19(28)30)12-14-7-8-15(22(32)33)11-17(14)21(24,25)26/h3-5,7-8,10-11,18,32-33H,1-2,6,9,12,27H2,(H2,28,30)/t18-/m0/s1. The number of benzene rings is 2. The molecule has 0 saturated carbocycles. The normalized spacial score (nSPS) is 12.3. The van der Waals surface area contributed by atoms with Crippen LogP contribution in [0.2, 0.25) is 0 Å². The number of unbranched alkanes of at least 4 members (excludes halogenated alkanes) is 1. The number of carbonyl (C=O) groups excluding carboxylic acids is 2. The molecule has 0 heterocycles. The van der Waals surface area contributed by atoms with E-state index in [2.05, 4.69) is 15.9 Å². The average molecular weight is 530 g/mol. The minimum atomic E-state index is -4.76. The second-order valence-corrected chi connectivity index (χ2v) is 8.45. The summed E-state index contributed by atoms with van der Waals surface area (Å²) in [6.45, 7) is -0.248. The average Bonchev–Trinajstić information content (AvgIpc) is 2.74. The van der Waals surface area contributed by atoms with Crippen LogP contribution in [-0.2, 0) is 17.5 Å². The second-order valence-electron chi connectivity index (χ2n) is 7.53. The molecule has 178 valence electrons. The lowest BCUT2D eigenvalue weighted by atomic mass is 9.78. The lowest BCUT2D eigenvalue weighted by molar-refractivity contribution is -0.138. The Morgan fingerprint density at radius 1 is 1.12 bits per heavy atom. The van der Waals surface area contributed by atoms with Crippen molar-refractivity contribution in [3.63, 3.8) is 0 Å². The van der Waals surface area contributed by atoms with Crippen LogP contribution in [0.25, 0.3) is 0 Å². The van der Waals surface area contributed by atoms with Crippen molar-refractivity contribution in [3.8, 4) is 0 Å². The van der Waals surface area contributed by atoms with Crippen LogP contribution in [0.4, 0.5) is 13.2 Å². The molecule has 2 rings (SSSR count). The van der Waals surface area contributed by atoms with Gasteiger partial charge in [-0.25, -0.2) is 0 Å². The molecule has 0 aliphatic heterocycles. The van der Waals surface area contributed by atoms with Crippen molar-refractivity contribution < 1.29 is 32.8 Å². The van der Waals surface area contributed by atoms with Crippen molar-refractivity contribution in [1.82, 2.24) is 4.90 Å². The molecule has 7 nitrogen and oxygen atoms in total. The van der Waals surface area contributed by atoms with E-state index in [0.717, 1.165) is 6.07 Å². The van der Waals surface area contributed by atoms with E-state index in [1.165, 1.54) is 11.0 Å². The van der Waals surface area contributed by atoms with Gasteiger partial charge in [0.15, 0.2) is 0 Å². The predicted molar refractivity (Wildman–Crippen MR) is 121 cm³/mol. The molecule has 0 aliphatic carbocycles. The van der Waals surface area contributed by atoms with Crippen LogP contribution in [0.3, 0.4) is 0 Å². The lowest BCUT2D eigenvalue weighted by Gasteiger charge is -2.25. The number of alkyl halides is 3. The zero-order valence-electron chi connectivity index (χ0n) is 17.6. The first-order valence-electron chi connectivity index (χ1n) is 10.1. The number of nitrogens with zero attached hydrogens (tertiary/aromatic N) is 1. The third-order valence-electron chi connectivity index (χ3n) is 5.02. The largest absolute Gasteiger partial charge is 0.488 e. The fraction of sp³-hybridized carbons (Fsp3) is 0.333. The molecular formula is C21H24BBrF3N3O4. The maximum absolute atomic E-state index is 13.7. The Morgan fingerprint density at radius 2 is 1.82 bits per heavy atom. The maximum Gasteiger partial charge on any atom is 0.488 e. The van der Waals surface area contributed by atoms with Crippen LogP contribution in [0.15, 0.2) is 46.9 Å². The highest BCUT2D eigenvalue weighted by molar-refractivity contribution is 9.10. The van der Waals surface area contributed by atoms with Gasteiger partial charge in [-0.2, -0.15) is 13.2 Å². The molecule has 0 saturated heterocycles. The minimum Gasteiger partial charge on any atom is -0.423 e. The smallest absolute Gasteiger partial charge is 0.423 e. The summed E-state index contributed by atoms with van der Waals surface area (Å²) in [6, 6.07) is 8.59. The van der Waals surface area contributed by atoms with E-state index in [9.17, 15) is 32.8 Å². The molecule has 0 fully saturated rings. The van der Waals surface area contributed by atoms with E-state index in [1.54, 1.807) is 24.3 Å². The van der Waals surface area contributed by atoms with Crippen LogP contribution in [0.5, 0.6) is 0 Å². The van der Waals surface area contributed by atoms with Gasteiger partial charge < -0.3 is 26.4 Å². The van der Waals surface area contributed by atoms with Crippen molar-refractivity contribution in [2.75, 3.05) is 6.54 Å². The Balaban J connectivity index is 2.31. The summed E-state index contributed by atoms with van der Waals surface area (Å²) in [5.41, 5.74) is 9.47. The molecule has 0 unspecified atom stereocenters. The summed E-state index contributed by atoms with van der Waals surface area (Å²) in [5.74, 6) is -1.13. The van der Waals surface area contributed by atoms with Crippen LogP contribution < -0.4 is 16.9 Å². The first-order chi connectivity index (χ1) is 15.4. The summed E-state index contributed by atoms with van der Waals surface area (Å²) >= 11 is 3.27. The van der Waals surface area contributed by atoms with Gasteiger partial charge in [-0.3, -0.25) is 9.59 Å². The summed E-state index contributed by atoms with van der Waals surface area (Å²) in [4.78, 5) is 25.5. The van der Waals surface area contributed by atoms with Crippen molar-refractivity contribution in [3.05, 3.63) is 63.6 Å². The molecular weight excluding hydrogens is 506 g/mol. The molecule has 6 N–H and O–H groups in total. The van der Waals surface area contributed by atoms with E-state index in [4.69, 9.17) is 11.5 Å². The zero-order valence-corrected chi connectivity index (χ0v) is 19.1. The lowest BCUT2D eigenvalue weighted by Crippen LogP contribution is -2.37. The Bertz CT molecular complexity index is 991. The Hall–Kier alpha value is -2.41. The van der Waals surface area contributed by atoms with E-state index in [1.807, 2.05) is 0 Å². The Labute approximate surface area is 197 Å². The third-order valence-corrected chi connectivity index (χ3v) is 5.51. The zero-order chi connectivity index (χ0) is 24.8. The topological polar surface area (TPSA) is 130 Å². The fourth-order valence-electron chi connectivity index (χ4n) is 3.23. The van der Waals surface area contributed by atoms with E-state index in [-0.39, 0.29) is 36.1 Å². The number of hydrogen-bond acceptors (Lipinski definition) is 5. The predicted octanol–water partition coefficient (Wildman–Crippen LogP) is 1.77. The van der Waals surface area contributed by atoms with Gasteiger partial charge in [0, 0.05) is 23.1 Å². The molecule has 2 aromatic carbocycles. The van der Waals surface area contributed by atoms with Gasteiger partial charge in [0.05, 0.1) is 11.6 Å². The second kappa shape index (κ2) is 11.6. The summed E-state index contributed by atoms with van der Waals surface area (Å²) in [6.07, 6.45) is -3.66. The van der Waals surface area contributed by atoms with E-state index in [0.29, 0.717) is 23.4 Å².